The van der Waals surface area contributed by atoms with E-state index in [1.54, 1.807) is 0 Å². The molecule has 0 radical (unpaired) electrons. The molecule has 0 heterocycles. The van der Waals surface area contributed by atoms with Crippen molar-refractivity contribution < 1.29 is 19.8 Å². The Labute approximate surface area is 165 Å². The number of carboxylic acids is 2. The van der Waals surface area contributed by atoms with E-state index in [0.29, 0.717) is 6.42 Å². The van der Waals surface area contributed by atoms with Crippen molar-refractivity contribution in [2.45, 2.75) is 90.4 Å². The molecule has 0 aromatic carbocycles. The van der Waals surface area contributed by atoms with Gasteiger partial charge in [-0.3, -0.25) is 9.59 Å². The van der Waals surface area contributed by atoms with Crippen LogP contribution in [0.4, 0.5) is 0 Å². The summed E-state index contributed by atoms with van der Waals surface area (Å²) in [5, 5.41) is 17.5. The molecule has 0 aliphatic heterocycles. The topological polar surface area (TPSA) is 74.6 Å². The van der Waals surface area contributed by atoms with Gasteiger partial charge in [-0.2, -0.15) is 0 Å². The first-order valence-corrected chi connectivity index (χ1v) is 8.55. The summed E-state index contributed by atoms with van der Waals surface area (Å²) < 4.78 is 0. The number of hydrogen-bond donors (Lipinski definition) is 2. The Hall–Kier alpha value is 0.200. The molecule has 0 unspecified atom stereocenters. The zero-order valence-corrected chi connectivity index (χ0v) is 13.5. The first-order chi connectivity index (χ1) is 10.1. The van der Waals surface area contributed by atoms with Crippen LogP contribution in [-0.2, 0) is 9.59 Å². The molecule has 0 saturated heterocycles. The van der Waals surface area contributed by atoms with Gasteiger partial charge in [-0.15, -0.1) is 0 Å². The summed E-state index contributed by atoms with van der Waals surface area (Å²) in [4.78, 5) is 21.4. The van der Waals surface area contributed by atoms with E-state index in [1.165, 1.54) is 57.8 Å². The third kappa shape index (κ3) is 15.1. The van der Waals surface area contributed by atoms with Crippen LogP contribution in [-0.4, -0.2) is 59.9 Å². The minimum absolute atomic E-state index is 0. The van der Waals surface area contributed by atoms with Gasteiger partial charge in [0.2, 0.25) is 0 Å². The van der Waals surface area contributed by atoms with Crippen LogP contribution >= 0.6 is 0 Å². The molecule has 128 valence electrons. The number of unbranched alkanes of at least 4 members (excludes halogenated alkanes) is 11. The maximum atomic E-state index is 10.7. The first-order valence-electron chi connectivity index (χ1n) is 8.55. The Balaban J connectivity index is 0. The third-order valence-electron chi connectivity index (χ3n) is 3.94. The fraction of sp³-hybridized carbons (Fsp3) is 0.882. The van der Waals surface area contributed by atoms with Gasteiger partial charge in [-0.05, 0) is 6.42 Å². The van der Waals surface area contributed by atoms with Gasteiger partial charge in [0.15, 0.2) is 5.92 Å². The van der Waals surface area contributed by atoms with E-state index in [4.69, 9.17) is 10.2 Å². The van der Waals surface area contributed by atoms with Gasteiger partial charge in [0, 0.05) is 0 Å². The van der Waals surface area contributed by atoms with Crippen LogP contribution in [0, 0.1) is 5.92 Å². The maximum absolute atomic E-state index is 10.7. The van der Waals surface area contributed by atoms with Crippen molar-refractivity contribution in [3.63, 3.8) is 0 Å². The standard InChI is InChI=1S/C17H32O4.Ca.2H/c1-2-3-4-5-6-7-8-9-10-11-12-13-14-15(16(18)19)17(20)21;;;/h15H,2-14H2,1H3,(H,18,19)(H,20,21);;;. The van der Waals surface area contributed by atoms with Gasteiger partial charge >= 0.3 is 49.7 Å². The number of carboxylic acid groups (broad SMARTS) is 2. The van der Waals surface area contributed by atoms with Crippen LogP contribution in [0.5, 0.6) is 0 Å². The molecular formula is C17H34CaO4. The van der Waals surface area contributed by atoms with Crippen LogP contribution < -0.4 is 0 Å². The van der Waals surface area contributed by atoms with Gasteiger partial charge in [0.1, 0.15) is 0 Å². The zero-order chi connectivity index (χ0) is 15.9. The fourth-order valence-electron chi connectivity index (χ4n) is 2.54. The molecule has 0 aliphatic carbocycles. The van der Waals surface area contributed by atoms with Gasteiger partial charge in [-0.25, -0.2) is 0 Å². The molecule has 0 aliphatic rings. The summed E-state index contributed by atoms with van der Waals surface area (Å²) in [5.74, 6) is -3.66. The number of aliphatic carboxylic acids is 2. The Morgan fingerprint density at radius 2 is 1.00 bits per heavy atom. The predicted octanol–water partition coefficient (Wildman–Crippen LogP) is 3.95. The normalized spacial score (nSPS) is 10.5. The summed E-state index contributed by atoms with van der Waals surface area (Å²) in [6, 6.07) is 0. The van der Waals surface area contributed by atoms with Crippen molar-refractivity contribution in [1.82, 2.24) is 0 Å². The van der Waals surface area contributed by atoms with Crippen molar-refractivity contribution in [3.05, 3.63) is 0 Å². The Morgan fingerprint density at radius 1 is 0.682 bits per heavy atom. The van der Waals surface area contributed by atoms with Gasteiger partial charge in [0.05, 0.1) is 0 Å². The van der Waals surface area contributed by atoms with Crippen molar-refractivity contribution >= 4 is 49.7 Å². The summed E-state index contributed by atoms with van der Waals surface area (Å²) in [6.45, 7) is 2.23. The van der Waals surface area contributed by atoms with E-state index in [1.807, 2.05) is 0 Å². The molecule has 4 nitrogen and oxygen atoms in total. The average Bonchev–Trinajstić information content (AvgIpc) is 2.43. The molecule has 0 aromatic rings. The molecule has 0 spiro atoms. The summed E-state index contributed by atoms with van der Waals surface area (Å²) in [7, 11) is 0. The molecule has 0 fully saturated rings. The molecule has 2 N–H and O–H groups in total. The molecule has 22 heavy (non-hydrogen) atoms. The second-order valence-corrected chi connectivity index (χ2v) is 5.91. The van der Waals surface area contributed by atoms with E-state index < -0.39 is 17.9 Å². The van der Waals surface area contributed by atoms with Crippen LogP contribution in [0.2, 0.25) is 0 Å². The van der Waals surface area contributed by atoms with Crippen LogP contribution in [0.1, 0.15) is 90.4 Å². The number of hydrogen-bond acceptors (Lipinski definition) is 2. The Kier molecular flexibility index (Phi) is 19.5. The van der Waals surface area contributed by atoms with E-state index in [-0.39, 0.29) is 44.2 Å². The van der Waals surface area contributed by atoms with Gasteiger partial charge in [0.25, 0.3) is 0 Å². The van der Waals surface area contributed by atoms with Crippen molar-refractivity contribution in [2.75, 3.05) is 0 Å². The summed E-state index contributed by atoms with van der Waals surface area (Å²) in [6.07, 6.45) is 14.7. The third-order valence-corrected chi connectivity index (χ3v) is 3.94. The molecule has 0 atom stereocenters. The molecule has 0 aromatic heterocycles. The average molecular weight is 343 g/mol. The first kappa shape index (κ1) is 24.5. The molecule has 0 saturated carbocycles. The quantitative estimate of drug-likeness (QED) is 0.268. The molecule has 0 amide bonds. The molecule has 0 rings (SSSR count). The minimum atomic E-state index is -1.23. The Bertz CT molecular complexity index is 268. The van der Waals surface area contributed by atoms with Crippen LogP contribution in [0.3, 0.4) is 0 Å². The molecule has 0 bridgehead atoms. The van der Waals surface area contributed by atoms with Crippen LogP contribution in [0.25, 0.3) is 0 Å². The van der Waals surface area contributed by atoms with Gasteiger partial charge in [-0.1, -0.05) is 84.0 Å². The van der Waals surface area contributed by atoms with E-state index in [0.717, 1.165) is 12.8 Å². The monoisotopic (exact) mass is 342 g/mol. The second-order valence-electron chi connectivity index (χ2n) is 5.91. The SMILES string of the molecule is CCCCCCCCCCCCCCC(C(=O)O)C(=O)O.[CaH2]. The molecule has 5 heteroatoms. The number of carbonyl (C=O) groups is 2. The predicted molar refractivity (Wildman–Crippen MR) is 93.0 cm³/mol. The summed E-state index contributed by atoms with van der Waals surface area (Å²) in [5.41, 5.74) is 0. The fourth-order valence-corrected chi connectivity index (χ4v) is 2.54. The van der Waals surface area contributed by atoms with E-state index >= 15 is 0 Å². The Morgan fingerprint density at radius 3 is 1.32 bits per heavy atom. The van der Waals surface area contributed by atoms with Crippen molar-refractivity contribution in [3.8, 4) is 0 Å². The van der Waals surface area contributed by atoms with Gasteiger partial charge < -0.3 is 10.2 Å². The van der Waals surface area contributed by atoms with Crippen molar-refractivity contribution in [1.29, 1.82) is 0 Å². The van der Waals surface area contributed by atoms with E-state index in [2.05, 4.69) is 6.92 Å². The van der Waals surface area contributed by atoms with Crippen LogP contribution in [0.15, 0.2) is 0 Å². The summed E-state index contributed by atoms with van der Waals surface area (Å²) >= 11 is 0. The van der Waals surface area contributed by atoms with E-state index in [9.17, 15) is 9.59 Å². The number of rotatable bonds is 15. The van der Waals surface area contributed by atoms with Crippen molar-refractivity contribution in [2.24, 2.45) is 5.92 Å². The zero-order valence-electron chi connectivity index (χ0n) is 13.5. The molecular weight excluding hydrogens is 308 g/mol. The second kappa shape index (κ2) is 17.6.